The summed E-state index contributed by atoms with van der Waals surface area (Å²) >= 11 is 0. The minimum absolute atomic E-state index is 0. The van der Waals surface area contributed by atoms with Crippen molar-refractivity contribution in [2.24, 2.45) is 17.8 Å². The first-order valence-corrected chi connectivity index (χ1v) is 3.32. The van der Waals surface area contributed by atoms with Crippen LogP contribution in [0.4, 0.5) is 0 Å². The monoisotopic (exact) mass is 271 g/mol. The summed E-state index contributed by atoms with van der Waals surface area (Å²) in [5, 5.41) is 0. The second-order valence-corrected chi connectivity index (χ2v) is 3.06. The summed E-state index contributed by atoms with van der Waals surface area (Å²) in [5.41, 5.74) is 0. The Morgan fingerprint density at radius 1 is 1.11 bits per heavy atom. The van der Waals surface area contributed by atoms with Crippen molar-refractivity contribution >= 4 is 0 Å². The van der Waals surface area contributed by atoms with Gasteiger partial charge < -0.3 is 31.6 Å². The molecule has 0 heterocycles. The Morgan fingerprint density at radius 3 is 1.67 bits per heavy atom. The van der Waals surface area contributed by atoms with E-state index < -0.39 is 0 Å². The van der Waals surface area contributed by atoms with E-state index >= 15 is 0 Å². The molecule has 0 aromatic heterocycles. The molecule has 2 fully saturated rings. The van der Waals surface area contributed by atoms with Crippen LogP contribution < -0.4 is 0 Å². The van der Waals surface area contributed by atoms with Gasteiger partial charge in [-0.05, 0) is 0 Å². The van der Waals surface area contributed by atoms with E-state index in [9.17, 15) is 0 Å². The van der Waals surface area contributed by atoms with E-state index in [4.69, 9.17) is 0 Å². The Hall–Kier alpha value is 1.27. The molecule has 0 aromatic rings. The van der Waals surface area contributed by atoms with Crippen LogP contribution in [0.15, 0.2) is 0 Å². The Balaban J connectivity index is 0.000000405. The largest absolute Gasteiger partial charge is 3.00 e. The molecule has 0 spiro atoms. The van der Waals surface area contributed by atoms with Crippen LogP contribution in [0.3, 0.4) is 0 Å². The summed E-state index contributed by atoms with van der Waals surface area (Å²) in [5.74, 6) is 3.97. The zero-order chi connectivity index (χ0) is 5.72. The molecule has 0 nitrogen and oxygen atoms in total. The van der Waals surface area contributed by atoms with Crippen molar-refractivity contribution in [3.63, 3.8) is 0 Å². The van der Waals surface area contributed by atoms with Crippen molar-refractivity contribution in [1.82, 2.24) is 0 Å². The zero-order valence-corrected chi connectivity index (χ0v) is 7.41. The molecule has 9 heavy (non-hydrogen) atoms. The fourth-order valence-corrected chi connectivity index (χ4v) is 2.01. The number of fused-ring (bicyclic) bond motifs is 1. The summed E-state index contributed by atoms with van der Waals surface area (Å²) in [7, 11) is 0. The molecule has 2 aliphatic carbocycles. The SMILES string of the molecule is [CH2-]C1CC2CC([CH2-])[C-]12.[Dy+3]. The van der Waals surface area contributed by atoms with E-state index in [0.717, 1.165) is 5.92 Å². The van der Waals surface area contributed by atoms with Gasteiger partial charge in [0.2, 0.25) is 0 Å². The van der Waals surface area contributed by atoms with Crippen LogP contribution in [0.1, 0.15) is 12.8 Å². The van der Waals surface area contributed by atoms with Crippen LogP contribution in [-0.2, 0) is 0 Å². The summed E-state index contributed by atoms with van der Waals surface area (Å²) < 4.78 is 0. The Morgan fingerprint density at radius 2 is 1.56 bits per heavy atom. The fraction of sp³-hybridized carbons (Fsp3) is 0.625. The van der Waals surface area contributed by atoms with Crippen LogP contribution in [0.5, 0.6) is 0 Å². The molecule has 53 valence electrons. The summed E-state index contributed by atoms with van der Waals surface area (Å²) in [4.78, 5) is 0. The normalized spacial score (nSPS) is 48.0. The van der Waals surface area contributed by atoms with Gasteiger partial charge in [0, 0.05) is 0 Å². The second-order valence-electron chi connectivity index (χ2n) is 3.06. The van der Waals surface area contributed by atoms with Gasteiger partial charge >= 0.3 is 38.2 Å². The van der Waals surface area contributed by atoms with Crippen molar-refractivity contribution < 1.29 is 38.2 Å². The van der Waals surface area contributed by atoms with Gasteiger partial charge in [-0.3, -0.25) is 0 Å². The third-order valence-corrected chi connectivity index (χ3v) is 2.55. The van der Waals surface area contributed by atoms with Gasteiger partial charge in [0.05, 0.1) is 0 Å². The number of rotatable bonds is 0. The first kappa shape index (κ1) is 8.37. The van der Waals surface area contributed by atoms with Gasteiger partial charge in [-0.1, -0.05) is 0 Å². The van der Waals surface area contributed by atoms with Crippen molar-refractivity contribution in [3.05, 3.63) is 19.8 Å². The van der Waals surface area contributed by atoms with Crippen LogP contribution >= 0.6 is 0 Å². The maximum atomic E-state index is 4.00. The predicted molar refractivity (Wildman–Crippen MR) is 33.7 cm³/mol. The molecule has 2 unspecified atom stereocenters. The molecule has 2 aliphatic rings. The second kappa shape index (κ2) is 2.72. The first-order valence-electron chi connectivity index (χ1n) is 3.32. The molecule has 2 saturated carbocycles. The van der Waals surface area contributed by atoms with E-state index in [2.05, 4.69) is 13.8 Å². The fourth-order valence-electron chi connectivity index (χ4n) is 2.01. The van der Waals surface area contributed by atoms with Crippen LogP contribution in [0, 0.1) is 75.7 Å². The van der Waals surface area contributed by atoms with Crippen molar-refractivity contribution in [2.75, 3.05) is 0 Å². The Bertz CT molecular complexity index is 92.4. The molecular formula is C8H11Dy. The average molecular weight is 270 g/mol. The van der Waals surface area contributed by atoms with Crippen LogP contribution in [-0.4, -0.2) is 0 Å². The summed E-state index contributed by atoms with van der Waals surface area (Å²) in [6, 6.07) is 0. The predicted octanol–water partition coefficient (Wildman–Crippen LogP) is 1.89. The molecule has 0 aromatic carbocycles. The molecule has 0 amide bonds. The molecule has 0 N–H and O–H groups in total. The van der Waals surface area contributed by atoms with Crippen molar-refractivity contribution in [3.8, 4) is 0 Å². The maximum Gasteiger partial charge on any atom is 3.00 e. The minimum Gasteiger partial charge on any atom is -0.369 e. The standard InChI is InChI=1S/C8H11.Dy/c1-5-3-7-4-6(2)8(5)7;/h5-7H,1-4H2;/q-3;+3. The quantitative estimate of drug-likeness (QED) is 0.589. The van der Waals surface area contributed by atoms with Crippen LogP contribution in [0.25, 0.3) is 0 Å². The molecule has 2 atom stereocenters. The molecule has 1 heteroatoms. The topological polar surface area (TPSA) is 0 Å². The summed E-state index contributed by atoms with van der Waals surface area (Å²) in [6.45, 7) is 8.00. The third kappa shape index (κ3) is 1.08. The minimum atomic E-state index is 0. The van der Waals surface area contributed by atoms with E-state index in [0.29, 0.717) is 11.8 Å². The van der Waals surface area contributed by atoms with Gasteiger partial charge in [0.15, 0.2) is 0 Å². The molecule has 0 aliphatic heterocycles. The zero-order valence-electron chi connectivity index (χ0n) is 5.38. The van der Waals surface area contributed by atoms with Crippen LogP contribution in [0.2, 0.25) is 0 Å². The van der Waals surface area contributed by atoms with Gasteiger partial charge in [0.25, 0.3) is 0 Å². The molecule has 1 radical (unpaired) electrons. The Kier molecular flexibility index (Phi) is 2.53. The molecule has 0 bridgehead atoms. The molecular weight excluding hydrogens is 259 g/mol. The summed E-state index contributed by atoms with van der Waals surface area (Å²) in [6.07, 6.45) is 2.70. The van der Waals surface area contributed by atoms with E-state index in [1.165, 1.54) is 12.8 Å². The van der Waals surface area contributed by atoms with Crippen molar-refractivity contribution in [2.45, 2.75) is 12.8 Å². The first-order chi connectivity index (χ1) is 3.79. The molecule has 0 saturated heterocycles. The van der Waals surface area contributed by atoms with E-state index in [1.54, 1.807) is 5.92 Å². The van der Waals surface area contributed by atoms with Gasteiger partial charge in [-0.2, -0.15) is 5.92 Å². The molecule has 2 rings (SSSR count). The van der Waals surface area contributed by atoms with Gasteiger partial charge in [-0.15, -0.1) is 12.8 Å². The van der Waals surface area contributed by atoms with E-state index in [-0.39, 0.29) is 38.2 Å². The maximum absolute atomic E-state index is 4.00. The van der Waals surface area contributed by atoms with Gasteiger partial charge in [0.1, 0.15) is 0 Å². The Labute approximate surface area is 87.8 Å². The number of hydrogen-bond donors (Lipinski definition) is 0. The third-order valence-electron chi connectivity index (χ3n) is 2.55. The average Bonchev–Trinajstić information content (AvgIpc) is 1.63. The van der Waals surface area contributed by atoms with Crippen molar-refractivity contribution in [1.29, 1.82) is 0 Å². The smallest absolute Gasteiger partial charge is 0.369 e. The van der Waals surface area contributed by atoms with Gasteiger partial charge in [-0.25, -0.2) is 0 Å². The number of hydrogen-bond acceptors (Lipinski definition) is 0. The van der Waals surface area contributed by atoms with E-state index in [1.807, 2.05) is 0 Å².